The second-order valence-electron chi connectivity index (χ2n) is 7.51. The van der Waals surface area contributed by atoms with Gasteiger partial charge in [-0.05, 0) is 37.5 Å². The lowest BCUT2D eigenvalue weighted by atomic mass is 10.2. The molecule has 3 rings (SSSR count). The number of amides is 1. The smallest absolute Gasteiger partial charge is 0.258 e. The van der Waals surface area contributed by atoms with Gasteiger partial charge in [0.1, 0.15) is 5.82 Å². The van der Waals surface area contributed by atoms with Crippen LogP contribution < -0.4 is 5.56 Å². The first kappa shape index (κ1) is 21.8. The average molecular weight is 440 g/mol. The van der Waals surface area contributed by atoms with Crippen LogP contribution in [0.15, 0.2) is 23.0 Å². The van der Waals surface area contributed by atoms with Crippen LogP contribution >= 0.6 is 11.6 Å². The minimum absolute atomic E-state index is 0.0531. The number of hydrogen-bond donors (Lipinski definition) is 1. The van der Waals surface area contributed by atoms with Crippen molar-refractivity contribution in [2.75, 3.05) is 12.3 Å². The molecule has 0 bridgehead atoms. The van der Waals surface area contributed by atoms with E-state index in [2.05, 4.69) is 9.97 Å². The number of H-pyrrole nitrogens is 1. The van der Waals surface area contributed by atoms with Crippen LogP contribution in [-0.4, -0.2) is 46.7 Å². The molecule has 158 valence electrons. The Balaban J connectivity index is 1.73. The molecule has 1 aliphatic carbocycles. The van der Waals surface area contributed by atoms with Gasteiger partial charge in [-0.3, -0.25) is 9.59 Å². The van der Waals surface area contributed by atoms with Crippen molar-refractivity contribution in [3.05, 3.63) is 39.4 Å². The van der Waals surface area contributed by atoms with Gasteiger partial charge in [0.2, 0.25) is 5.91 Å². The van der Waals surface area contributed by atoms with E-state index in [0.29, 0.717) is 47.6 Å². The first-order valence-electron chi connectivity index (χ1n) is 9.98. The van der Waals surface area contributed by atoms with Crippen LogP contribution in [0.1, 0.15) is 51.3 Å². The number of nitrogens with one attached hydrogen (secondary N) is 1. The average Bonchev–Trinajstić information content (AvgIpc) is 3.21. The summed E-state index contributed by atoms with van der Waals surface area (Å²) in [6.45, 7) is 2.51. The molecule has 0 spiro atoms. The van der Waals surface area contributed by atoms with Crippen LogP contribution in [0.4, 0.5) is 0 Å². The zero-order valence-electron chi connectivity index (χ0n) is 16.5. The fourth-order valence-electron chi connectivity index (χ4n) is 3.78. The van der Waals surface area contributed by atoms with Gasteiger partial charge < -0.3 is 9.88 Å². The fourth-order valence-corrected chi connectivity index (χ4v) is 5.79. The Kier molecular flexibility index (Phi) is 6.95. The summed E-state index contributed by atoms with van der Waals surface area (Å²) in [5.74, 6) is -0.0268. The van der Waals surface area contributed by atoms with E-state index in [1.165, 1.54) is 0 Å². The maximum atomic E-state index is 12.7. The number of carbonyl (C=O) groups is 1. The number of rotatable bonds is 8. The van der Waals surface area contributed by atoms with Crippen molar-refractivity contribution >= 4 is 38.2 Å². The van der Waals surface area contributed by atoms with Crippen molar-refractivity contribution in [3.63, 3.8) is 0 Å². The summed E-state index contributed by atoms with van der Waals surface area (Å²) < 4.78 is 24.9. The molecule has 0 radical (unpaired) electrons. The first-order valence-corrected chi connectivity index (χ1v) is 12.1. The molecule has 1 amide bonds. The molecule has 0 aliphatic heterocycles. The predicted octanol–water partition coefficient (Wildman–Crippen LogP) is 3.06. The van der Waals surface area contributed by atoms with E-state index >= 15 is 0 Å². The van der Waals surface area contributed by atoms with E-state index in [-0.39, 0.29) is 35.4 Å². The van der Waals surface area contributed by atoms with Crippen molar-refractivity contribution < 1.29 is 13.2 Å². The van der Waals surface area contributed by atoms with Gasteiger partial charge in [0, 0.05) is 18.0 Å². The minimum atomic E-state index is -3.25. The van der Waals surface area contributed by atoms with E-state index < -0.39 is 9.84 Å². The third-order valence-corrected chi connectivity index (χ3v) is 7.81. The van der Waals surface area contributed by atoms with Gasteiger partial charge in [0.25, 0.3) is 5.56 Å². The molecule has 29 heavy (non-hydrogen) atoms. The number of benzene rings is 1. The summed E-state index contributed by atoms with van der Waals surface area (Å²) in [5, 5.41) is 0.590. The maximum Gasteiger partial charge on any atom is 0.258 e. The Bertz CT molecular complexity index is 1050. The molecule has 0 saturated heterocycles. The van der Waals surface area contributed by atoms with E-state index in [9.17, 15) is 18.0 Å². The Hall–Kier alpha value is -1.93. The molecule has 1 fully saturated rings. The summed E-state index contributed by atoms with van der Waals surface area (Å²) in [7, 11) is -3.25. The van der Waals surface area contributed by atoms with Gasteiger partial charge in [0.15, 0.2) is 9.84 Å². The Morgan fingerprint density at radius 2 is 2.03 bits per heavy atom. The maximum absolute atomic E-state index is 12.7. The third-order valence-electron chi connectivity index (χ3n) is 5.32. The normalized spacial score (nSPS) is 15.1. The molecule has 1 heterocycles. The van der Waals surface area contributed by atoms with Gasteiger partial charge in [-0.25, -0.2) is 13.4 Å². The Labute approximate surface area is 175 Å². The second-order valence-corrected chi connectivity index (χ2v) is 10.3. The van der Waals surface area contributed by atoms with Crippen LogP contribution in [0.5, 0.6) is 0 Å². The third kappa shape index (κ3) is 5.36. The number of carbonyl (C=O) groups excluding carboxylic acids is 1. The molecule has 0 atom stereocenters. The topological polar surface area (TPSA) is 100 Å². The lowest BCUT2D eigenvalue weighted by Crippen LogP contribution is -2.34. The molecule has 2 aromatic rings. The highest BCUT2D eigenvalue weighted by Gasteiger charge is 2.29. The van der Waals surface area contributed by atoms with Crippen LogP contribution in [0.3, 0.4) is 0 Å². The standard InChI is InChI=1S/C20H26ClN3O4S/c1-2-10-24(19(25)9-11-29(27,28)15-5-3-4-6-15)13-18-22-17-12-14(21)7-8-16(17)20(26)23-18/h7-8,12,15H,2-6,9-11,13H2,1H3,(H,22,23,26). The summed E-state index contributed by atoms with van der Waals surface area (Å²) >= 11 is 5.99. The molecular weight excluding hydrogens is 414 g/mol. The summed E-state index contributed by atoms with van der Waals surface area (Å²) in [4.78, 5) is 33.7. The highest BCUT2D eigenvalue weighted by molar-refractivity contribution is 7.92. The molecular formula is C20H26ClN3O4S. The Morgan fingerprint density at radius 1 is 1.31 bits per heavy atom. The summed E-state index contributed by atoms with van der Waals surface area (Å²) in [6, 6.07) is 4.84. The largest absolute Gasteiger partial charge is 0.335 e. The number of halogens is 1. The van der Waals surface area contributed by atoms with Crippen LogP contribution in [0, 0.1) is 0 Å². The number of aromatic nitrogens is 2. The van der Waals surface area contributed by atoms with Crippen molar-refractivity contribution in [1.82, 2.24) is 14.9 Å². The highest BCUT2D eigenvalue weighted by atomic mass is 35.5. The van der Waals surface area contributed by atoms with Crippen molar-refractivity contribution in [1.29, 1.82) is 0 Å². The predicted molar refractivity (Wildman–Crippen MR) is 114 cm³/mol. The number of nitrogens with zero attached hydrogens (tertiary/aromatic N) is 2. The molecule has 9 heteroatoms. The van der Waals surface area contributed by atoms with E-state index in [4.69, 9.17) is 11.6 Å². The first-order chi connectivity index (χ1) is 13.8. The molecule has 1 aromatic carbocycles. The number of fused-ring (bicyclic) bond motifs is 1. The summed E-state index contributed by atoms with van der Waals surface area (Å²) in [6.07, 6.45) is 3.92. The highest BCUT2D eigenvalue weighted by Crippen LogP contribution is 2.25. The molecule has 1 saturated carbocycles. The monoisotopic (exact) mass is 439 g/mol. The molecule has 1 N–H and O–H groups in total. The lowest BCUT2D eigenvalue weighted by molar-refractivity contribution is -0.131. The SMILES string of the molecule is CCCN(Cc1nc2cc(Cl)ccc2c(=O)[nH]1)C(=O)CCS(=O)(=O)C1CCCC1. The number of hydrogen-bond acceptors (Lipinski definition) is 5. The van der Waals surface area contributed by atoms with E-state index in [1.54, 1.807) is 23.1 Å². The Morgan fingerprint density at radius 3 is 2.72 bits per heavy atom. The van der Waals surface area contributed by atoms with Crippen LogP contribution in [0.2, 0.25) is 5.02 Å². The zero-order chi connectivity index (χ0) is 21.0. The van der Waals surface area contributed by atoms with Gasteiger partial charge in [-0.2, -0.15) is 0 Å². The molecule has 0 unspecified atom stereocenters. The number of aromatic amines is 1. The van der Waals surface area contributed by atoms with Gasteiger partial charge in [-0.1, -0.05) is 31.4 Å². The molecule has 1 aliphatic rings. The van der Waals surface area contributed by atoms with Crippen molar-refractivity contribution in [2.24, 2.45) is 0 Å². The molecule has 1 aromatic heterocycles. The number of sulfone groups is 1. The van der Waals surface area contributed by atoms with Crippen molar-refractivity contribution in [3.8, 4) is 0 Å². The quantitative estimate of drug-likeness (QED) is 0.681. The van der Waals surface area contributed by atoms with Crippen LogP contribution in [0.25, 0.3) is 10.9 Å². The van der Waals surface area contributed by atoms with Gasteiger partial charge in [0.05, 0.1) is 28.5 Å². The fraction of sp³-hybridized carbons (Fsp3) is 0.550. The van der Waals surface area contributed by atoms with Crippen LogP contribution in [-0.2, 0) is 21.2 Å². The van der Waals surface area contributed by atoms with E-state index in [0.717, 1.165) is 12.8 Å². The lowest BCUT2D eigenvalue weighted by Gasteiger charge is -2.22. The van der Waals surface area contributed by atoms with E-state index in [1.807, 2.05) is 6.92 Å². The molecule has 7 nitrogen and oxygen atoms in total. The minimum Gasteiger partial charge on any atom is -0.335 e. The van der Waals surface area contributed by atoms with Gasteiger partial charge >= 0.3 is 0 Å². The zero-order valence-corrected chi connectivity index (χ0v) is 18.1. The second kappa shape index (κ2) is 9.26. The van der Waals surface area contributed by atoms with Crippen molar-refractivity contribution in [2.45, 2.75) is 57.2 Å². The summed E-state index contributed by atoms with van der Waals surface area (Å²) in [5.41, 5.74) is 0.165. The van der Waals surface area contributed by atoms with Gasteiger partial charge in [-0.15, -0.1) is 0 Å².